The molecule has 0 N–H and O–H groups in total. The van der Waals surface area contributed by atoms with Crippen LogP contribution in [-0.4, -0.2) is 0 Å². The number of hydrogen-bond acceptors (Lipinski definition) is 6. The van der Waals surface area contributed by atoms with Crippen molar-refractivity contribution in [3.8, 4) is 0 Å². The minimum absolute atomic E-state index is 0. The predicted octanol–water partition coefficient (Wildman–Crippen LogP) is -14.7. The van der Waals surface area contributed by atoms with Gasteiger partial charge in [0.2, 0.25) is 0 Å². The molecule has 0 radical (unpaired) electrons. The molecule has 14 heavy (non-hydrogen) atoms. The molecule has 0 aliphatic rings. The zero-order valence-electron chi connectivity index (χ0n) is 8.50. The molecule has 0 aliphatic heterocycles. The molecule has 0 aromatic rings. The summed E-state index contributed by atoms with van der Waals surface area (Å²) in [5, 5.41) is 0. The molecule has 0 aromatic heterocycles. The Kier molecular flexibility index (Phi) is 37.1. The standard InChI is InChI=1S/C2H6O6P2.4K/c3-9(4,5)1-2-10(6,7)8;;;;/h1-2H,(H2,3,4,5)(H2,6,7,8);;;;/q;4*+1/p-4. The fraction of sp³-hybridized carbons (Fsp3) is 0. The first-order chi connectivity index (χ1) is 4.21. The Bertz CT molecular complexity index is 206. The maximum atomic E-state index is 9.66. The second-order valence-corrected chi connectivity index (χ2v) is 4.13. The van der Waals surface area contributed by atoms with Crippen LogP contribution in [0.4, 0.5) is 0 Å². The largest absolute Gasteiger partial charge is 1.00 e. The van der Waals surface area contributed by atoms with Crippen LogP contribution in [0.15, 0.2) is 11.6 Å². The molecule has 0 amide bonds. The molecule has 0 saturated carbocycles. The Hall–Kier alpha value is 6.59. The predicted molar refractivity (Wildman–Crippen MR) is 24.4 cm³/mol. The smallest absolute Gasteiger partial charge is 0.808 e. The monoisotopic (exact) mass is 340 g/mol. The fourth-order valence-corrected chi connectivity index (χ4v) is 1.47. The Balaban J connectivity index is -0.0000000675. The molecule has 0 fully saturated rings. The quantitative estimate of drug-likeness (QED) is 0.363. The summed E-state index contributed by atoms with van der Waals surface area (Å²) < 4.78 is 19.3. The van der Waals surface area contributed by atoms with Crippen LogP contribution in [0.5, 0.6) is 0 Å². The van der Waals surface area contributed by atoms with Crippen LogP contribution in [0.1, 0.15) is 0 Å². The van der Waals surface area contributed by atoms with Gasteiger partial charge in [0.15, 0.2) is 0 Å². The summed E-state index contributed by atoms with van der Waals surface area (Å²) in [4.78, 5) is 38.7. The van der Waals surface area contributed by atoms with E-state index in [-0.39, 0.29) is 217 Å². The van der Waals surface area contributed by atoms with Crippen molar-refractivity contribution >= 4 is 15.2 Å². The first kappa shape index (κ1) is 32.5. The average molecular weight is 340 g/mol. The van der Waals surface area contributed by atoms with Gasteiger partial charge in [-0.15, -0.1) is 0 Å². The molecule has 0 spiro atoms. The summed E-state index contributed by atoms with van der Waals surface area (Å²) in [6.45, 7) is 0. The minimum atomic E-state index is -5.01. The summed E-state index contributed by atoms with van der Waals surface area (Å²) in [6.07, 6.45) is 0. The second kappa shape index (κ2) is 16.0. The molecule has 0 aromatic carbocycles. The molecular weight excluding hydrogens is 338 g/mol. The van der Waals surface area contributed by atoms with Gasteiger partial charge in [-0.1, -0.05) is 11.6 Å². The van der Waals surface area contributed by atoms with Crippen LogP contribution in [0, 0.1) is 0 Å². The van der Waals surface area contributed by atoms with Gasteiger partial charge in [0.05, 0.1) is 0 Å². The molecular formula is C2H2K4O6P2. The molecule has 0 saturated heterocycles. The summed E-state index contributed by atoms with van der Waals surface area (Å²) in [5.74, 6) is -0.346. The Morgan fingerprint density at radius 2 is 0.786 bits per heavy atom. The third-order valence-electron chi connectivity index (χ3n) is 0.432. The van der Waals surface area contributed by atoms with Crippen molar-refractivity contribution in [2.24, 2.45) is 0 Å². The molecule has 0 bridgehead atoms. The van der Waals surface area contributed by atoms with Gasteiger partial charge in [-0.3, -0.25) is 0 Å². The van der Waals surface area contributed by atoms with Gasteiger partial charge >= 0.3 is 206 Å². The zero-order chi connectivity index (χ0) is 8.41. The van der Waals surface area contributed by atoms with Crippen molar-refractivity contribution in [2.75, 3.05) is 0 Å². The molecule has 0 unspecified atom stereocenters. The van der Waals surface area contributed by atoms with Crippen molar-refractivity contribution in [2.45, 2.75) is 0 Å². The van der Waals surface area contributed by atoms with E-state index in [1.165, 1.54) is 0 Å². The SMILES string of the molecule is O=P([O-])([O-])C=CP(=O)([O-])[O-].[K+].[K+].[K+].[K+]. The summed E-state index contributed by atoms with van der Waals surface area (Å²) in [6, 6.07) is 0. The molecule has 0 aliphatic carbocycles. The van der Waals surface area contributed by atoms with Gasteiger partial charge in [-0.25, -0.2) is 0 Å². The summed E-state index contributed by atoms with van der Waals surface area (Å²) >= 11 is 0. The van der Waals surface area contributed by atoms with Crippen molar-refractivity contribution in [1.29, 1.82) is 0 Å². The molecule has 0 atom stereocenters. The van der Waals surface area contributed by atoms with Crippen molar-refractivity contribution < 1.29 is 234 Å². The molecule has 0 rings (SSSR count). The van der Waals surface area contributed by atoms with Gasteiger partial charge in [0.25, 0.3) is 0 Å². The fourth-order valence-electron chi connectivity index (χ4n) is 0.163. The number of hydrogen-bond donors (Lipinski definition) is 0. The van der Waals surface area contributed by atoms with E-state index < -0.39 is 15.2 Å². The Labute approximate surface area is 252 Å². The van der Waals surface area contributed by atoms with E-state index in [9.17, 15) is 28.7 Å². The zero-order valence-corrected chi connectivity index (χ0v) is 22.8. The summed E-state index contributed by atoms with van der Waals surface area (Å²) in [5.41, 5.74) is 0. The topological polar surface area (TPSA) is 126 Å². The van der Waals surface area contributed by atoms with Crippen molar-refractivity contribution in [3.05, 3.63) is 11.6 Å². The van der Waals surface area contributed by atoms with E-state index in [0.717, 1.165) is 0 Å². The third-order valence-corrected chi connectivity index (χ3v) is 1.70. The maximum Gasteiger partial charge on any atom is 1.00 e. The van der Waals surface area contributed by atoms with Crippen molar-refractivity contribution in [3.63, 3.8) is 0 Å². The second-order valence-electron chi connectivity index (χ2n) is 1.38. The van der Waals surface area contributed by atoms with Crippen LogP contribution in [-0.2, 0) is 9.13 Å². The first-order valence-corrected chi connectivity index (χ1v) is 5.17. The van der Waals surface area contributed by atoms with E-state index >= 15 is 0 Å². The average Bonchev–Trinajstić information content (AvgIpc) is 1.57. The third kappa shape index (κ3) is 31.1. The molecule has 12 heteroatoms. The van der Waals surface area contributed by atoms with Crippen LogP contribution in [0.3, 0.4) is 0 Å². The van der Waals surface area contributed by atoms with E-state index in [4.69, 9.17) is 0 Å². The van der Waals surface area contributed by atoms with Crippen molar-refractivity contribution in [1.82, 2.24) is 0 Å². The van der Waals surface area contributed by atoms with E-state index in [2.05, 4.69) is 0 Å². The van der Waals surface area contributed by atoms with Crippen LogP contribution in [0.2, 0.25) is 0 Å². The molecule has 60 valence electrons. The van der Waals surface area contributed by atoms with Gasteiger partial charge in [0.1, 0.15) is 0 Å². The number of rotatable bonds is 2. The van der Waals surface area contributed by atoms with Gasteiger partial charge in [-0.2, -0.15) is 0 Å². The van der Waals surface area contributed by atoms with Crippen LogP contribution >= 0.6 is 15.2 Å². The van der Waals surface area contributed by atoms with Crippen LogP contribution < -0.4 is 225 Å². The first-order valence-electron chi connectivity index (χ1n) is 1.95. The van der Waals surface area contributed by atoms with Gasteiger partial charge in [0, 0.05) is 0 Å². The van der Waals surface area contributed by atoms with E-state index in [1.807, 2.05) is 0 Å². The van der Waals surface area contributed by atoms with E-state index in [1.54, 1.807) is 0 Å². The summed E-state index contributed by atoms with van der Waals surface area (Å²) in [7, 11) is -10.0. The normalized spacial score (nSPS) is 10.3. The van der Waals surface area contributed by atoms with Gasteiger partial charge < -0.3 is 28.7 Å². The molecule has 0 heterocycles. The van der Waals surface area contributed by atoms with Gasteiger partial charge in [-0.05, 0) is 15.2 Å². The Morgan fingerprint density at radius 1 is 0.643 bits per heavy atom. The van der Waals surface area contributed by atoms with Crippen LogP contribution in [0.25, 0.3) is 0 Å². The minimum Gasteiger partial charge on any atom is -0.808 e. The maximum absolute atomic E-state index is 9.66. The molecule has 6 nitrogen and oxygen atoms in total. The van der Waals surface area contributed by atoms with E-state index in [0.29, 0.717) is 0 Å². The Morgan fingerprint density at radius 3 is 0.857 bits per heavy atom.